The molecular formula is C24H25NO2. The van der Waals surface area contributed by atoms with E-state index in [1.807, 2.05) is 36.4 Å². The number of anilines is 1. The summed E-state index contributed by atoms with van der Waals surface area (Å²) in [5.41, 5.74) is 3.50. The second-order valence-electron chi connectivity index (χ2n) is 6.64. The second-order valence-corrected chi connectivity index (χ2v) is 6.64. The molecule has 0 atom stereocenters. The van der Waals surface area contributed by atoms with Gasteiger partial charge < -0.3 is 10.1 Å². The molecule has 3 heteroatoms. The monoisotopic (exact) mass is 359 g/mol. The Labute approximate surface area is 161 Å². The molecule has 0 aliphatic rings. The molecule has 3 aromatic rings. The quantitative estimate of drug-likeness (QED) is 0.501. The Morgan fingerprint density at radius 2 is 1.26 bits per heavy atom. The molecule has 0 unspecified atom stereocenters. The topological polar surface area (TPSA) is 38.3 Å². The number of aryl methyl sites for hydroxylation is 2. The number of amides is 1. The highest BCUT2D eigenvalue weighted by molar-refractivity contribution is 5.88. The maximum Gasteiger partial charge on any atom is 0.221 e. The zero-order valence-electron chi connectivity index (χ0n) is 15.7. The van der Waals surface area contributed by atoms with Crippen molar-refractivity contribution in [3.63, 3.8) is 0 Å². The molecule has 0 fully saturated rings. The molecular weight excluding hydrogens is 334 g/mol. The first-order chi connectivity index (χ1) is 13.2. The third-order valence-corrected chi connectivity index (χ3v) is 4.36. The van der Waals surface area contributed by atoms with E-state index in [2.05, 4.69) is 47.8 Å². The van der Waals surface area contributed by atoms with Crippen molar-refractivity contribution in [3.8, 4) is 11.5 Å². The smallest absolute Gasteiger partial charge is 0.221 e. The molecule has 0 saturated carbocycles. The van der Waals surface area contributed by atoms with Crippen LogP contribution >= 0.6 is 0 Å². The third-order valence-electron chi connectivity index (χ3n) is 4.36. The van der Waals surface area contributed by atoms with Crippen LogP contribution in [0.2, 0.25) is 0 Å². The van der Waals surface area contributed by atoms with E-state index >= 15 is 0 Å². The van der Waals surface area contributed by atoms with Gasteiger partial charge in [-0.3, -0.25) is 4.79 Å². The first-order valence-electron chi connectivity index (χ1n) is 9.37. The third kappa shape index (κ3) is 6.30. The fourth-order valence-corrected chi connectivity index (χ4v) is 2.97. The van der Waals surface area contributed by atoms with Gasteiger partial charge >= 0.3 is 0 Å². The number of hydrogen-bond acceptors (Lipinski definition) is 2. The van der Waals surface area contributed by atoms with Gasteiger partial charge in [-0.2, -0.15) is 0 Å². The predicted molar refractivity (Wildman–Crippen MR) is 110 cm³/mol. The molecule has 0 aliphatic heterocycles. The molecule has 0 bridgehead atoms. The highest BCUT2D eigenvalue weighted by atomic mass is 16.5. The lowest BCUT2D eigenvalue weighted by Gasteiger charge is -2.08. The van der Waals surface area contributed by atoms with Crippen LogP contribution in [0, 0.1) is 0 Å². The first-order valence-corrected chi connectivity index (χ1v) is 9.37. The van der Waals surface area contributed by atoms with E-state index in [4.69, 9.17) is 4.74 Å². The summed E-state index contributed by atoms with van der Waals surface area (Å²) >= 11 is 0. The molecule has 27 heavy (non-hydrogen) atoms. The van der Waals surface area contributed by atoms with Crippen LogP contribution in [0.25, 0.3) is 0 Å². The van der Waals surface area contributed by atoms with Crippen molar-refractivity contribution in [2.75, 3.05) is 5.32 Å². The molecule has 3 rings (SSSR count). The number of nitrogens with one attached hydrogen (secondary N) is 1. The molecule has 0 radical (unpaired) electrons. The first kappa shape index (κ1) is 18.7. The van der Waals surface area contributed by atoms with Gasteiger partial charge in [-0.1, -0.05) is 42.5 Å². The summed E-state index contributed by atoms with van der Waals surface area (Å²) in [6.07, 6.45) is 4.59. The van der Waals surface area contributed by atoms with Crippen molar-refractivity contribution in [2.24, 2.45) is 0 Å². The number of ether oxygens (including phenoxy) is 1. The number of rotatable bonds is 8. The van der Waals surface area contributed by atoms with Crippen LogP contribution in [-0.4, -0.2) is 5.91 Å². The molecule has 0 saturated heterocycles. The van der Waals surface area contributed by atoms with Gasteiger partial charge in [0.15, 0.2) is 0 Å². The van der Waals surface area contributed by atoms with Crippen LogP contribution in [-0.2, 0) is 17.6 Å². The molecule has 1 amide bonds. The molecule has 0 aromatic heterocycles. The Hall–Kier alpha value is -3.07. The average molecular weight is 359 g/mol. The summed E-state index contributed by atoms with van der Waals surface area (Å²) in [5.74, 6) is 1.48. The normalized spacial score (nSPS) is 10.4. The van der Waals surface area contributed by atoms with Gasteiger partial charge in [0.25, 0.3) is 0 Å². The number of unbranched alkanes of at least 4 members (excludes halogenated alkanes) is 1. The van der Waals surface area contributed by atoms with E-state index in [1.165, 1.54) is 30.9 Å². The van der Waals surface area contributed by atoms with Crippen molar-refractivity contribution in [2.45, 2.75) is 32.6 Å². The van der Waals surface area contributed by atoms with Gasteiger partial charge in [-0.25, -0.2) is 0 Å². The minimum absolute atomic E-state index is 0.0805. The van der Waals surface area contributed by atoms with Crippen LogP contribution in [0.5, 0.6) is 11.5 Å². The maximum absolute atomic E-state index is 11.0. The minimum atomic E-state index is -0.0805. The minimum Gasteiger partial charge on any atom is -0.457 e. The summed E-state index contributed by atoms with van der Waals surface area (Å²) in [6, 6.07) is 26.3. The Balaban J connectivity index is 1.45. The standard InChI is InChI=1S/C24H25NO2/c1-19(26)25-22-13-17-24(18-14-22)27-23-15-11-21(12-16-23)10-6-5-9-20-7-3-2-4-8-20/h2-4,7-8,11-18H,5-6,9-10H2,1H3,(H,25,26). The Bertz CT molecular complexity index is 840. The summed E-state index contributed by atoms with van der Waals surface area (Å²) in [7, 11) is 0. The van der Waals surface area contributed by atoms with Crippen LogP contribution in [0.4, 0.5) is 5.69 Å². The van der Waals surface area contributed by atoms with E-state index in [-0.39, 0.29) is 5.91 Å². The van der Waals surface area contributed by atoms with E-state index in [9.17, 15) is 4.79 Å². The summed E-state index contributed by atoms with van der Waals surface area (Å²) in [5, 5.41) is 2.74. The molecule has 3 nitrogen and oxygen atoms in total. The SMILES string of the molecule is CC(=O)Nc1ccc(Oc2ccc(CCCCc3ccccc3)cc2)cc1. The van der Waals surface area contributed by atoms with Crippen LogP contribution in [0.15, 0.2) is 78.9 Å². The van der Waals surface area contributed by atoms with Crippen LogP contribution in [0.3, 0.4) is 0 Å². The van der Waals surface area contributed by atoms with Crippen molar-refractivity contribution < 1.29 is 9.53 Å². The van der Waals surface area contributed by atoms with Gasteiger partial charge in [0.05, 0.1) is 0 Å². The zero-order valence-corrected chi connectivity index (χ0v) is 15.7. The zero-order chi connectivity index (χ0) is 18.9. The van der Waals surface area contributed by atoms with E-state index in [0.29, 0.717) is 0 Å². The molecule has 0 spiro atoms. The van der Waals surface area contributed by atoms with Crippen LogP contribution < -0.4 is 10.1 Å². The van der Waals surface area contributed by atoms with Gasteiger partial charge in [0, 0.05) is 12.6 Å². The van der Waals surface area contributed by atoms with E-state index in [0.717, 1.165) is 30.0 Å². The summed E-state index contributed by atoms with van der Waals surface area (Å²) in [4.78, 5) is 11.0. The fraction of sp³-hybridized carbons (Fsp3) is 0.208. The predicted octanol–water partition coefficient (Wildman–Crippen LogP) is 6.00. The lowest BCUT2D eigenvalue weighted by atomic mass is 10.0. The van der Waals surface area contributed by atoms with E-state index < -0.39 is 0 Å². The van der Waals surface area contributed by atoms with Gasteiger partial charge in [0.1, 0.15) is 11.5 Å². The largest absolute Gasteiger partial charge is 0.457 e. The van der Waals surface area contributed by atoms with Crippen molar-refractivity contribution in [1.82, 2.24) is 0 Å². The molecule has 138 valence electrons. The maximum atomic E-state index is 11.0. The van der Waals surface area contributed by atoms with E-state index in [1.54, 1.807) is 0 Å². The van der Waals surface area contributed by atoms with Gasteiger partial charge in [0.2, 0.25) is 5.91 Å². The molecule has 3 aromatic carbocycles. The lowest BCUT2D eigenvalue weighted by Crippen LogP contribution is -2.05. The van der Waals surface area contributed by atoms with Crippen molar-refractivity contribution >= 4 is 11.6 Å². The van der Waals surface area contributed by atoms with Crippen LogP contribution in [0.1, 0.15) is 30.9 Å². The highest BCUT2D eigenvalue weighted by Gasteiger charge is 2.01. The molecule has 0 heterocycles. The molecule has 1 N–H and O–H groups in total. The van der Waals surface area contributed by atoms with Crippen molar-refractivity contribution in [3.05, 3.63) is 90.0 Å². The number of hydrogen-bond donors (Lipinski definition) is 1. The Morgan fingerprint density at radius 1 is 0.741 bits per heavy atom. The van der Waals surface area contributed by atoms with Crippen molar-refractivity contribution in [1.29, 1.82) is 0 Å². The van der Waals surface area contributed by atoms with Gasteiger partial charge in [-0.15, -0.1) is 0 Å². The fourth-order valence-electron chi connectivity index (χ4n) is 2.97. The molecule has 0 aliphatic carbocycles. The Kier molecular flexibility index (Phi) is 6.64. The summed E-state index contributed by atoms with van der Waals surface area (Å²) in [6.45, 7) is 1.49. The summed E-state index contributed by atoms with van der Waals surface area (Å²) < 4.78 is 5.86. The second kappa shape index (κ2) is 9.58. The lowest BCUT2D eigenvalue weighted by molar-refractivity contribution is -0.114. The number of carbonyl (C=O) groups is 1. The van der Waals surface area contributed by atoms with Gasteiger partial charge in [-0.05, 0) is 73.2 Å². The average Bonchev–Trinajstić information content (AvgIpc) is 2.68. The highest BCUT2D eigenvalue weighted by Crippen LogP contribution is 2.23. The number of benzene rings is 3. The Morgan fingerprint density at radius 3 is 1.81 bits per heavy atom. The number of carbonyl (C=O) groups excluding carboxylic acids is 1.